The van der Waals surface area contributed by atoms with Crippen LogP contribution in [0.2, 0.25) is 0 Å². The lowest BCUT2D eigenvalue weighted by atomic mass is 10.2. The molecule has 0 heterocycles. The van der Waals surface area contributed by atoms with Gasteiger partial charge in [-0.05, 0) is 12.1 Å². The van der Waals surface area contributed by atoms with E-state index in [0.717, 1.165) is 7.69 Å². The van der Waals surface area contributed by atoms with Crippen molar-refractivity contribution in [1.29, 1.82) is 0 Å². The first-order valence-electron chi connectivity index (χ1n) is 6.11. The Morgan fingerprint density at radius 1 is 0.826 bits per heavy atom. The molecule has 0 saturated heterocycles. The minimum atomic E-state index is -0.661. The number of anilines is 2. The lowest BCUT2D eigenvalue weighted by Gasteiger charge is -2.08. The van der Waals surface area contributed by atoms with Gasteiger partial charge in [0.25, 0.3) is 0 Å². The summed E-state index contributed by atoms with van der Waals surface area (Å²) in [5.74, 6) is -0.330. The lowest BCUT2D eigenvalue weighted by molar-refractivity contribution is -0.385. The Labute approximate surface area is 130 Å². The third-order valence-electron chi connectivity index (χ3n) is 2.71. The predicted molar refractivity (Wildman–Crippen MR) is 82.0 cm³/mol. The van der Waals surface area contributed by atoms with E-state index in [1.165, 1.54) is 36.4 Å². The molecule has 117 valence electrons. The Kier molecular flexibility index (Phi) is 4.50. The molecule has 4 N–H and O–H groups in total. The molecular weight excluding hydrogens is 307 g/mol. The molecule has 0 aliphatic heterocycles. The maximum absolute atomic E-state index is 10.9. The van der Waals surface area contributed by atoms with Crippen molar-refractivity contribution >= 4 is 30.4 Å². The molecule has 0 fully saturated rings. The Morgan fingerprint density at radius 2 is 1.22 bits per heavy atom. The molecule has 2 aromatic carbocycles. The van der Waals surface area contributed by atoms with Gasteiger partial charge in [0.2, 0.25) is 0 Å². The summed E-state index contributed by atoms with van der Waals surface area (Å²) in [6, 6.07) is 7.48. The van der Waals surface area contributed by atoms with E-state index in [2.05, 4.69) is 0 Å². The molecule has 0 saturated carbocycles. The van der Waals surface area contributed by atoms with Crippen LogP contribution in [0.25, 0.3) is 0 Å². The van der Waals surface area contributed by atoms with E-state index in [1.807, 2.05) is 0 Å². The molecule has 0 bridgehead atoms. The predicted octanol–water partition coefficient (Wildman–Crippen LogP) is 1.66. The number of nitrogen functional groups attached to an aromatic ring is 2. The van der Waals surface area contributed by atoms with Crippen LogP contribution in [0.5, 0.6) is 11.5 Å². The maximum atomic E-state index is 10.9. The van der Waals surface area contributed by atoms with Crippen LogP contribution < -0.4 is 20.8 Å². The topological polar surface area (TPSA) is 157 Å². The van der Waals surface area contributed by atoms with Gasteiger partial charge in [0.15, 0.2) is 11.5 Å². The van der Waals surface area contributed by atoms with Crippen molar-refractivity contribution in [3.63, 3.8) is 0 Å². The SMILES string of the molecule is Nc1ccc([N+](=O)[O-])c(O[B]Oc2cc(N)ccc2[N+](=O)[O-])c1. The molecule has 0 aliphatic rings. The zero-order chi connectivity index (χ0) is 17.0. The van der Waals surface area contributed by atoms with Crippen molar-refractivity contribution in [2.75, 3.05) is 11.5 Å². The monoisotopic (exact) mass is 317 g/mol. The minimum absolute atomic E-state index is 0.165. The zero-order valence-electron chi connectivity index (χ0n) is 11.5. The Balaban J connectivity index is 2.15. The summed E-state index contributed by atoms with van der Waals surface area (Å²) in [5.41, 5.74) is 10.9. The molecule has 0 amide bonds. The van der Waals surface area contributed by atoms with Gasteiger partial charge >= 0.3 is 19.1 Å². The van der Waals surface area contributed by atoms with Crippen molar-refractivity contribution in [2.45, 2.75) is 0 Å². The Hall–Kier alpha value is -3.50. The van der Waals surface area contributed by atoms with Crippen LogP contribution in [-0.4, -0.2) is 17.5 Å². The van der Waals surface area contributed by atoms with E-state index in [-0.39, 0.29) is 34.2 Å². The highest BCUT2D eigenvalue weighted by Gasteiger charge is 2.19. The van der Waals surface area contributed by atoms with Crippen molar-refractivity contribution in [3.05, 3.63) is 56.6 Å². The van der Waals surface area contributed by atoms with Gasteiger partial charge in [-0.3, -0.25) is 20.2 Å². The minimum Gasteiger partial charge on any atom is -0.521 e. The van der Waals surface area contributed by atoms with E-state index in [9.17, 15) is 20.2 Å². The molecule has 10 nitrogen and oxygen atoms in total. The van der Waals surface area contributed by atoms with E-state index in [1.54, 1.807) is 0 Å². The van der Waals surface area contributed by atoms with Crippen molar-refractivity contribution in [3.8, 4) is 11.5 Å². The first-order valence-corrected chi connectivity index (χ1v) is 6.11. The molecular formula is C12H10BN4O6. The fraction of sp³-hybridized carbons (Fsp3) is 0. The average molecular weight is 317 g/mol. The molecule has 0 atom stereocenters. The van der Waals surface area contributed by atoms with Gasteiger partial charge in [0.1, 0.15) is 0 Å². The third kappa shape index (κ3) is 3.78. The summed E-state index contributed by atoms with van der Waals surface area (Å²) < 4.78 is 10.1. The van der Waals surface area contributed by atoms with Crippen LogP contribution in [-0.2, 0) is 0 Å². The number of rotatable bonds is 6. The molecule has 2 rings (SSSR count). The third-order valence-corrected chi connectivity index (χ3v) is 2.71. The average Bonchev–Trinajstić information content (AvgIpc) is 2.46. The molecule has 0 aliphatic carbocycles. The van der Waals surface area contributed by atoms with Crippen LogP contribution in [0, 0.1) is 20.2 Å². The van der Waals surface area contributed by atoms with Crippen molar-refractivity contribution in [1.82, 2.24) is 0 Å². The Bertz CT molecular complexity index is 706. The second kappa shape index (κ2) is 6.51. The number of nitrogens with two attached hydrogens (primary N) is 2. The summed E-state index contributed by atoms with van der Waals surface area (Å²) in [6.45, 7) is 0. The normalized spacial score (nSPS) is 9.91. The van der Waals surface area contributed by atoms with Crippen LogP contribution in [0.3, 0.4) is 0 Å². The molecule has 0 spiro atoms. The number of benzene rings is 2. The molecule has 2 aromatic rings. The fourth-order valence-electron chi connectivity index (χ4n) is 1.68. The summed E-state index contributed by atoms with van der Waals surface area (Å²) in [7, 11) is 0.726. The number of nitrogens with zero attached hydrogens (tertiary/aromatic N) is 2. The smallest absolute Gasteiger partial charge is 0.521 e. The first kappa shape index (κ1) is 15.9. The highest BCUT2D eigenvalue weighted by atomic mass is 16.6. The van der Waals surface area contributed by atoms with Crippen molar-refractivity contribution < 1.29 is 19.2 Å². The van der Waals surface area contributed by atoms with E-state index >= 15 is 0 Å². The molecule has 0 aromatic heterocycles. The highest BCUT2D eigenvalue weighted by molar-refractivity contribution is 6.21. The lowest BCUT2D eigenvalue weighted by Crippen LogP contribution is -2.13. The molecule has 1 radical (unpaired) electrons. The number of hydrogen-bond donors (Lipinski definition) is 2. The van der Waals surface area contributed by atoms with Crippen LogP contribution >= 0.6 is 0 Å². The summed E-state index contributed by atoms with van der Waals surface area (Å²) in [6.07, 6.45) is 0. The van der Waals surface area contributed by atoms with E-state index in [0.29, 0.717) is 0 Å². The standard InChI is InChI=1S/C12H10BN4O6/c14-7-1-3-9(16(18)19)11(5-7)22-13-23-12-6-8(15)2-4-10(12)17(20)21/h1-6H,14-15H2. The van der Waals surface area contributed by atoms with Gasteiger partial charge in [-0.2, -0.15) is 0 Å². The van der Waals surface area contributed by atoms with Gasteiger partial charge in [-0.15, -0.1) is 0 Å². The number of hydrogen-bond acceptors (Lipinski definition) is 8. The Morgan fingerprint density at radius 3 is 1.57 bits per heavy atom. The van der Waals surface area contributed by atoms with E-state index < -0.39 is 9.85 Å². The quantitative estimate of drug-likeness (QED) is 0.352. The van der Waals surface area contributed by atoms with Gasteiger partial charge in [-0.1, -0.05) is 0 Å². The summed E-state index contributed by atoms with van der Waals surface area (Å²) in [4.78, 5) is 20.4. The van der Waals surface area contributed by atoms with Crippen molar-refractivity contribution in [2.24, 2.45) is 0 Å². The number of nitro groups is 2. The second-order valence-electron chi connectivity index (χ2n) is 4.30. The van der Waals surface area contributed by atoms with E-state index in [4.69, 9.17) is 20.8 Å². The van der Waals surface area contributed by atoms with Gasteiger partial charge in [0, 0.05) is 35.6 Å². The first-order chi connectivity index (χ1) is 10.9. The maximum Gasteiger partial charge on any atom is 0.658 e. The van der Waals surface area contributed by atoms with Crippen LogP contribution in [0.1, 0.15) is 0 Å². The van der Waals surface area contributed by atoms with Gasteiger partial charge in [-0.25, -0.2) is 0 Å². The highest BCUT2D eigenvalue weighted by Crippen LogP contribution is 2.31. The van der Waals surface area contributed by atoms with Crippen LogP contribution in [0.15, 0.2) is 36.4 Å². The summed E-state index contributed by atoms with van der Waals surface area (Å²) in [5, 5.41) is 21.8. The fourth-order valence-corrected chi connectivity index (χ4v) is 1.68. The molecule has 23 heavy (non-hydrogen) atoms. The second-order valence-corrected chi connectivity index (χ2v) is 4.30. The van der Waals surface area contributed by atoms with Crippen LogP contribution in [0.4, 0.5) is 22.7 Å². The summed E-state index contributed by atoms with van der Waals surface area (Å²) >= 11 is 0. The molecule has 11 heteroatoms. The zero-order valence-corrected chi connectivity index (χ0v) is 11.5. The largest absolute Gasteiger partial charge is 0.658 e. The molecule has 0 unspecified atom stereocenters. The van der Waals surface area contributed by atoms with Gasteiger partial charge in [0.05, 0.1) is 9.85 Å². The number of nitro benzene ring substituents is 2. The van der Waals surface area contributed by atoms with Gasteiger partial charge < -0.3 is 20.8 Å².